The summed E-state index contributed by atoms with van der Waals surface area (Å²) in [4.78, 5) is 15.1. The topological polar surface area (TPSA) is 32.3 Å². The van der Waals surface area contributed by atoms with Crippen LogP contribution in [0.4, 0.5) is 4.39 Å². The van der Waals surface area contributed by atoms with Gasteiger partial charge in [-0.25, -0.2) is 4.39 Å². The Morgan fingerprint density at radius 2 is 1.69 bits per heavy atom. The van der Waals surface area contributed by atoms with E-state index in [1.165, 1.54) is 18.9 Å². The van der Waals surface area contributed by atoms with Crippen molar-refractivity contribution >= 4 is 18.3 Å². The number of nitrogens with one attached hydrogen (secondary N) is 1. The molecule has 5 heteroatoms. The van der Waals surface area contributed by atoms with Crippen LogP contribution < -0.4 is 5.32 Å². The number of hydrogen-bond donors (Lipinski definition) is 1. The van der Waals surface area contributed by atoms with Crippen LogP contribution in [0.2, 0.25) is 0 Å². The Bertz CT molecular complexity index is 704. The third-order valence-electron chi connectivity index (χ3n) is 4.92. The number of nitrogens with zero attached hydrogens (tertiary/aromatic N) is 1. The second kappa shape index (κ2) is 9.70. The number of carbonyl (C=O) groups excluding carboxylic acids is 1. The molecule has 1 amide bonds. The zero-order valence-corrected chi connectivity index (χ0v) is 15.8. The van der Waals surface area contributed by atoms with Gasteiger partial charge in [-0.1, -0.05) is 48.5 Å². The maximum absolute atomic E-state index is 14.0. The summed E-state index contributed by atoms with van der Waals surface area (Å²) in [5, 5.41) is 3.14. The van der Waals surface area contributed by atoms with Gasteiger partial charge >= 0.3 is 0 Å². The second-order valence-electron chi connectivity index (χ2n) is 6.72. The number of carbonyl (C=O) groups is 1. The summed E-state index contributed by atoms with van der Waals surface area (Å²) < 4.78 is 14.0. The molecule has 140 valence electrons. The van der Waals surface area contributed by atoms with E-state index in [-0.39, 0.29) is 30.2 Å². The predicted octanol–water partition coefficient (Wildman–Crippen LogP) is 4.30. The van der Waals surface area contributed by atoms with Gasteiger partial charge in [0.1, 0.15) is 5.82 Å². The first-order valence-corrected chi connectivity index (χ1v) is 8.97. The minimum Gasteiger partial charge on any atom is -0.347 e. The van der Waals surface area contributed by atoms with Crippen LogP contribution in [-0.4, -0.2) is 30.4 Å². The Labute approximate surface area is 161 Å². The van der Waals surface area contributed by atoms with Crippen LogP contribution in [0.5, 0.6) is 0 Å². The van der Waals surface area contributed by atoms with Crippen molar-refractivity contribution in [1.82, 2.24) is 10.2 Å². The molecule has 1 saturated heterocycles. The van der Waals surface area contributed by atoms with E-state index >= 15 is 0 Å². The Morgan fingerprint density at radius 1 is 1.08 bits per heavy atom. The molecule has 2 aromatic rings. The maximum Gasteiger partial charge on any atom is 0.227 e. The van der Waals surface area contributed by atoms with Gasteiger partial charge in [0, 0.05) is 6.54 Å². The van der Waals surface area contributed by atoms with Crippen molar-refractivity contribution in [3.63, 3.8) is 0 Å². The Balaban J connectivity index is 0.00000243. The first-order chi connectivity index (χ1) is 12.1. The van der Waals surface area contributed by atoms with Crippen LogP contribution in [0, 0.1) is 5.82 Å². The number of amides is 1. The Morgan fingerprint density at radius 3 is 2.35 bits per heavy atom. The fraction of sp³-hybridized carbons (Fsp3) is 0.381. The van der Waals surface area contributed by atoms with Crippen LogP contribution in [0.25, 0.3) is 0 Å². The molecule has 1 aliphatic heterocycles. The van der Waals surface area contributed by atoms with Gasteiger partial charge in [-0.05, 0) is 50.0 Å². The first-order valence-electron chi connectivity index (χ1n) is 8.97. The van der Waals surface area contributed by atoms with E-state index in [0.29, 0.717) is 5.56 Å². The van der Waals surface area contributed by atoms with Crippen LogP contribution in [0.1, 0.15) is 42.9 Å². The van der Waals surface area contributed by atoms with Crippen molar-refractivity contribution in [2.24, 2.45) is 0 Å². The van der Waals surface area contributed by atoms with E-state index < -0.39 is 5.92 Å². The van der Waals surface area contributed by atoms with Crippen molar-refractivity contribution in [2.75, 3.05) is 19.6 Å². The van der Waals surface area contributed by atoms with Gasteiger partial charge in [0.05, 0.1) is 12.0 Å². The summed E-state index contributed by atoms with van der Waals surface area (Å²) in [5.74, 6) is -0.995. The molecule has 2 aromatic carbocycles. The first kappa shape index (κ1) is 20.4. The molecular weight excluding hydrogens is 351 g/mol. The molecule has 0 bridgehead atoms. The van der Waals surface area contributed by atoms with E-state index in [0.717, 1.165) is 25.2 Å². The smallest absolute Gasteiger partial charge is 0.227 e. The quantitative estimate of drug-likeness (QED) is 0.815. The molecule has 3 rings (SSSR count). The fourth-order valence-corrected chi connectivity index (χ4v) is 3.41. The fourth-order valence-electron chi connectivity index (χ4n) is 3.41. The molecule has 0 saturated carbocycles. The molecule has 1 heterocycles. The van der Waals surface area contributed by atoms with Crippen molar-refractivity contribution in [2.45, 2.75) is 31.7 Å². The van der Waals surface area contributed by atoms with Crippen LogP contribution in [0.3, 0.4) is 0 Å². The number of hydrogen-bond acceptors (Lipinski definition) is 2. The summed E-state index contributed by atoms with van der Waals surface area (Å²) in [6.45, 7) is 4.69. The lowest BCUT2D eigenvalue weighted by Gasteiger charge is -2.26. The highest BCUT2D eigenvalue weighted by Crippen LogP contribution is 2.22. The normalized spacial score (nSPS) is 16.5. The molecule has 0 aromatic heterocycles. The number of benzene rings is 2. The van der Waals surface area contributed by atoms with E-state index in [9.17, 15) is 9.18 Å². The van der Waals surface area contributed by atoms with Gasteiger partial charge in [-0.15, -0.1) is 12.4 Å². The minimum atomic E-state index is -0.522. The van der Waals surface area contributed by atoms with E-state index in [1.807, 2.05) is 30.3 Å². The molecular formula is C21H26ClFN2O. The van der Waals surface area contributed by atoms with Gasteiger partial charge in [-0.2, -0.15) is 0 Å². The van der Waals surface area contributed by atoms with E-state index in [1.54, 1.807) is 25.1 Å². The summed E-state index contributed by atoms with van der Waals surface area (Å²) in [7, 11) is 0. The Kier molecular flexibility index (Phi) is 7.61. The third-order valence-corrected chi connectivity index (χ3v) is 4.92. The molecule has 2 unspecified atom stereocenters. The van der Waals surface area contributed by atoms with Crippen molar-refractivity contribution in [1.29, 1.82) is 0 Å². The molecule has 1 fully saturated rings. The van der Waals surface area contributed by atoms with Crippen LogP contribution >= 0.6 is 12.4 Å². The lowest BCUT2D eigenvalue weighted by molar-refractivity contribution is -0.123. The van der Waals surface area contributed by atoms with E-state index in [2.05, 4.69) is 10.2 Å². The summed E-state index contributed by atoms with van der Waals surface area (Å²) in [5.41, 5.74) is 1.52. The largest absolute Gasteiger partial charge is 0.347 e. The standard InChI is InChI=1S/C21H25FN2O.ClH/c1-16(18-11-5-6-12-19(18)22)21(25)23-20(15-24-13-7-8-14-24)17-9-3-2-4-10-17;/h2-6,9-12,16,20H,7-8,13-15H2,1H3,(H,23,25);1H. The van der Waals surface area contributed by atoms with E-state index in [4.69, 9.17) is 0 Å². The van der Waals surface area contributed by atoms with Gasteiger partial charge in [0.2, 0.25) is 5.91 Å². The molecule has 1 N–H and O–H groups in total. The number of rotatable bonds is 6. The lowest BCUT2D eigenvalue weighted by Crippen LogP contribution is -2.38. The average Bonchev–Trinajstić information content (AvgIpc) is 3.15. The van der Waals surface area contributed by atoms with Crippen LogP contribution in [0.15, 0.2) is 54.6 Å². The minimum absolute atomic E-state index is 0. The predicted molar refractivity (Wildman–Crippen MR) is 105 cm³/mol. The SMILES string of the molecule is CC(C(=O)NC(CN1CCCC1)c1ccccc1)c1ccccc1F.Cl. The van der Waals surface area contributed by atoms with Crippen LogP contribution in [-0.2, 0) is 4.79 Å². The summed E-state index contributed by atoms with van der Waals surface area (Å²) in [6.07, 6.45) is 2.42. The molecule has 0 aliphatic carbocycles. The van der Waals surface area contributed by atoms with Gasteiger partial charge in [0.15, 0.2) is 0 Å². The molecule has 3 nitrogen and oxygen atoms in total. The summed E-state index contributed by atoms with van der Waals surface area (Å²) >= 11 is 0. The van der Waals surface area contributed by atoms with Gasteiger partial charge in [0.25, 0.3) is 0 Å². The molecule has 26 heavy (non-hydrogen) atoms. The number of halogens is 2. The third kappa shape index (κ3) is 5.05. The average molecular weight is 377 g/mol. The van der Waals surface area contributed by atoms with Crippen molar-refractivity contribution in [3.05, 3.63) is 71.5 Å². The highest BCUT2D eigenvalue weighted by Gasteiger charge is 2.24. The highest BCUT2D eigenvalue weighted by molar-refractivity contribution is 5.85. The lowest BCUT2D eigenvalue weighted by atomic mass is 9.98. The monoisotopic (exact) mass is 376 g/mol. The zero-order chi connectivity index (χ0) is 17.6. The Hall–Kier alpha value is -1.91. The maximum atomic E-state index is 14.0. The number of likely N-dealkylation sites (tertiary alicyclic amines) is 1. The second-order valence-corrected chi connectivity index (χ2v) is 6.72. The molecule has 0 radical (unpaired) electrons. The molecule has 0 spiro atoms. The zero-order valence-electron chi connectivity index (χ0n) is 15.0. The van der Waals surface area contributed by atoms with Crippen molar-refractivity contribution in [3.8, 4) is 0 Å². The highest BCUT2D eigenvalue weighted by atomic mass is 35.5. The summed E-state index contributed by atoms with van der Waals surface area (Å²) in [6, 6.07) is 16.4. The van der Waals surface area contributed by atoms with Crippen molar-refractivity contribution < 1.29 is 9.18 Å². The van der Waals surface area contributed by atoms with Gasteiger partial charge < -0.3 is 10.2 Å². The molecule has 2 atom stereocenters. The molecule has 1 aliphatic rings. The van der Waals surface area contributed by atoms with Gasteiger partial charge in [-0.3, -0.25) is 4.79 Å².